The van der Waals surface area contributed by atoms with Gasteiger partial charge in [0, 0.05) is 23.2 Å². The molecule has 0 aromatic heterocycles. The van der Waals surface area contributed by atoms with E-state index < -0.39 is 0 Å². The summed E-state index contributed by atoms with van der Waals surface area (Å²) >= 11 is 0. The predicted octanol–water partition coefficient (Wildman–Crippen LogP) is 3.72. The highest BCUT2D eigenvalue weighted by molar-refractivity contribution is 5.98. The van der Waals surface area contributed by atoms with E-state index in [4.69, 9.17) is 4.74 Å². The van der Waals surface area contributed by atoms with Gasteiger partial charge in [0.2, 0.25) is 0 Å². The molecule has 0 saturated heterocycles. The first-order valence-electron chi connectivity index (χ1n) is 8.84. The molecule has 1 fully saturated rings. The SMILES string of the molecule is C=N/C(NC1(C)CC1)=C(\C)C(C(=O)NCc1cccc(OC)c1)=C(C)C. The smallest absolute Gasteiger partial charge is 0.251 e. The second-order valence-electron chi connectivity index (χ2n) is 7.23. The van der Waals surface area contributed by atoms with Crippen LogP contribution in [0.1, 0.15) is 46.1 Å². The van der Waals surface area contributed by atoms with Crippen LogP contribution in [0, 0.1) is 0 Å². The Bertz CT molecular complexity index is 754. The van der Waals surface area contributed by atoms with Crippen molar-refractivity contribution in [1.82, 2.24) is 10.6 Å². The van der Waals surface area contributed by atoms with Gasteiger partial charge in [-0.2, -0.15) is 0 Å². The summed E-state index contributed by atoms with van der Waals surface area (Å²) in [6.45, 7) is 12.0. The number of benzene rings is 1. The molecular weight excluding hydrogens is 326 g/mol. The molecule has 2 rings (SSSR count). The summed E-state index contributed by atoms with van der Waals surface area (Å²) < 4.78 is 5.23. The molecule has 0 heterocycles. The summed E-state index contributed by atoms with van der Waals surface area (Å²) in [5, 5.41) is 6.41. The van der Waals surface area contributed by atoms with Crippen LogP contribution in [0.3, 0.4) is 0 Å². The Morgan fingerprint density at radius 1 is 1.31 bits per heavy atom. The normalized spacial score (nSPS) is 15.4. The summed E-state index contributed by atoms with van der Waals surface area (Å²) in [4.78, 5) is 17.0. The highest BCUT2D eigenvalue weighted by atomic mass is 16.5. The third kappa shape index (κ3) is 4.97. The molecule has 1 aliphatic carbocycles. The zero-order chi connectivity index (χ0) is 19.3. The van der Waals surface area contributed by atoms with Gasteiger partial charge in [-0.25, -0.2) is 4.99 Å². The second-order valence-corrected chi connectivity index (χ2v) is 7.23. The van der Waals surface area contributed by atoms with E-state index in [9.17, 15) is 4.79 Å². The van der Waals surface area contributed by atoms with Crippen molar-refractivity contribution in [2.45, 2.75) is 52.6 Å². The number of methoxy groups -OCH3 is 1. The van der Waals surface area contributed by atoms with Crippen molar-refractivity contribution in [3.8, 4) is 5.75 Å². The zero-order valence-electron chi connectivity index (χ0n) is 16.4. The summed E-state index contributed by atoms with van der Waals surface area (Å²) in [7, 11) is 1.63. The first-order chi connectivity index (χ1) is 12.3. The van der Waals surface area contributed by atoms with Crippen LogP contribution in [0.5, 0.6) is 5.75 Å². The van der Waals surface area contributed by atoms with Crippen molar-refractivity contribution < 1.29 is 9.53 Å². The van der Waals surface area contributed by atoms with E-state index in [2.05, 4.69) is 29.3 Å². The van der Waals surface area contributed by atoms with Crippen LogP contribution in [-0.4, -0.2) is 25.3 Å². The number of rotatable bonds is 8. The van der Waals surface area contributed by atoms with Gasteiger partial charge in [0.1, 0.15) is 11.6 Å². The number of allylic oxidation sites excluding steroid dienone is 1. The molecule has 0 unspecified atom stereocenters. The van der Waals surface area contributed by atoms with Gasteiger partial charge in [-0.05, 0) is 65.0 Å². The molecule has 0 bridgehead atoms. The number of nitrogens with one attached hydrogen (secondary N) is 2. The van der Waals surface area contributed by atoms with E-state index in [1.165, 1.54) is 0 Å². The highest BCUT2D eigenvalue weighted by Crippen LogP contribution is 2.36. The number of amides is 1. The monoisotopic (exact) mass is 355 g/mol. The van der Waals surface area contributed by atoms with Crippen LogP contribution in [0.25, 0.3) is 0 Å². The molecule has 0 spiro atoms. The van der Waals surface area contributed by atoms with Gasteiger partial charge in [-0.1, -0.05) is 17.7 Å². The van der Waals surface area contributed by atoms with Crippen molar-refractivity contribution >= 4 is 12.6 Å². The largest absolute Gasteiger partial charge is 0.497 e. The molecule has 1 aromatic rings. The summed E-state index contributed by atoms with van der Waals surface area (Å²) in [6, 6.07) is 7.66. The Morgan fingerprint density at radius 2 is 2.00 bits per heavy atom. The van der Waals surface area contributed by atoms with E-state index in [1.807, 2.05) is 45.0 Å². The molecule has 0 aliphatic heterocycles. The Morgan fingerprint density at radius 3 is 2.54 bits per heavy atom. The third-order valence-corrected chi connectivity index (χ3v) is 4.62. The molecule has 0 atom stereocenters. The van der Waals surface area contributed by atoms with E-state index in [-0.39, 0.29) is 11.4 Å². The lowest BCUT2D eigenvalue weighted by molar-refractivity contribution is -0.117. The quantitative estimate of drug-likeness (QED) is 0.424. The van der Waals surface area contributed by atoms with Gasteiger partial charge in [0.05, 0.1) is 7.11 Å². The average Bonchev–Trinajstić information content (AvgIpc) is 3.35. The van der Waals surface area contributed by atoms with Gasteiger partial charge in [-0.15, -0.1) is 0 Å². The standard InChI is InChI=1S/C21H29N3O2/c1-14(2)18(15(3)19(22-5)24-21(4)10-11-21)20(25)23-13-16-8-7-9-17(12-16)26-6/h7-9,12,24H,5,10-11,13H2,1-4,6H3,(H,23,25)/b19-15-. The number of hydrogen-bond donors (Lipinski definition) is 2. The lowest BCUT2D eigenvalue weighted by Gasteiger charge is -2.18. The van der Waals surface area contributed by atoms with Crippen LogP contribution >= 0.6 is 0 Å². The maximum Gasteiger partial charge on any atom is 0.251 e. The maximum atomic E-state index is 12.8. The number of carbonyl (C=O) groups is 1. The van der Waals surface area contributed by atoms with Crippen molar-refractivity contribution in [1.29, 1.82) is 0 Å². The fraction of sp³-hybridized carbons (Fsp3) is 0.429. The van der Waals surface area contributed by atoms with Gasteiger partial charge in [0.15, 0.2) is 0 Å². The van der Waals surface area contributed by atoms with Crippen LogP contribution in [0.15, 0.2) is 51.8 Å². The number of hydrogen-bond acceptors (Lipinski definition) is 4. The van der Waals surface area contributed by atoms with Gasteiger partial charge < -0.3 is 15.4 Å². The first-order valence-corrected chi connectivity index (χ1v) is 8.84. The Labute approximate surface area is 156 Å². The number of ether oxygens (including phenoxy) is 1. The van der Waals surface area contributed by atoms with E-state index >= 15 is 0 Å². The number of carbonyl (C=O) groups excluding carboxylic acids is 1. The summed E-state index contributed by atoms with van der Waals surface area (Å²) in [5.74, 6) is 1.34. The summed E-state index contributed by atoms with van der Waals surface area (Å²) in [6.07, 6.45) is 2.21. The Kier molecular flexibility index (Phi) is 6.24. The zero-order valence-corrected chi connectivity index (χ0v) is 16.4. The average molecular weight is 355 g/mol. The molecule has 1 amide bonds. The second kappa shape index (κ2) is 8.21. The Hall–Kier alpha value is -2.56. The number of aliphatic imine (C=N–C) groups is 1. The topological polar surface area (TPSA) is 62.7 Å². The molecule has 5 nitrogen and oxygen atoms in total. The van der Waals surface area contributed by atoms with Crippen LogP contribution in [0.2, 0.25) is 0 Å². The molecule has 26 heavy (non-hydrogen) atoms. The minimum absolute atomic E-state index is 0.0710. The minimum atomic E-state index is -0.116. The Balaban J connectivity index is 2.16. The van der Waals surface area contributed by atoms with Crippen molar-refractivity contribution in [3.63, 3.8) is 0 Å². The molecule has 1 aliphatic rings. The van der Waals surface area contributed by atoms with E-state index in [0.717, 1.165) is 35.3 Å². The lowest BCUT2D eigenvalue weighted by Crippen LogP contribution is -2.30. The summed E-state index contributed by atoms with van der Waals surface area (Å²) in [5.41, 5.74) is 3.46. The minimum Gasteiger partial charge on any atom is -0.497 e. The molecule has 140 valence electrons. The van der Waals surface area contributed by atoms with Gasteiger partial charge in [0.25, 0.3) is 5.91 Å². The molecule has 1 saturated carbocycles. The fourth-order valence-electron chi connectivity index (χ4n) is 2.79. The first kappa shape index (κ1) is 19.8. The van der Waals surface area contributed by atoms with Crippen molar-refractivity contribution in [2.24, 2.45) is 4.99 Å². The van der Waals surface area contributed by atoms with Crippen LogP contribution in [0.4, 0.5) is 0 Å². The third-order valence-electron chi connectivity index (χ3n) is 4.62. The van der Waals surface area contributed by atoms with E-state index in [1.54, 1.807) is 7.11 Å². The maximum absolute atomic E-state index is 12.8. The van der Waals surface area contributed by atoms with Crippen molar-refractivity contribution in [2.75, 3.05) is 7.11 Å². The van der Waals surface area contributed by atoms with E-state index in [0.29, 0.717) is 17.9 Å². The number of nitrogens with zero attached hydrogens (tertiary/aromatic N) is 1. The lowest BCUT2D eigenvalue weighted by atomic mass is 10.0. The fourth-order valence-corrected chi connectivity index (χ4v) is 2.79. The highest BCUT2D eigenvalue weighted by Gasteiger charge is 2.38. The molecule has 1 aromatic carbocycles. The predicted molar refractivity (Wildman–Crippen MR) is 106 cm³/mol. The molecule has 2 N–H and O–H groups in total. The molecule has 0 radical (unpaired) electrons. The van der Waals surface area contributed by atoms with Gasteiger partial charge in [-0.3, -0.25) is 4.79 Å². The molecular formula is C21H29N3O2. The van der Waals surface area contributed by atoms with Crippen LogP contribution < -0.4 is 15.4 Å². The van der Waals surface area contributed by atoms with Gasteiger partial charge >= 0.3 is 0 Å². The van der Waals surface area contributed by atoms with Crippen molar-refractivity contribution in [3.05, 3.63) is 52.4 Å². The molecule has 5 heteroatoms. The van der Waals surface area contributed by atoms with Crippen LogP contribution in [-0.2, 0) is 11.3 Å².